The second-order valence-electron chi connectivity index (χ2n) is 7.28. The number of rotatable bonds is 7. The number of carbonyl (C=O) groups excluding carboxylic acids is 1. The lowest BCUT2D eigenvalue weighted by Gasteiger charge is -2.32. The maximum absolute atomic E-state index is 12.4. The number of carbonyl (C=O) groups is 1. The molecule has 0 spiro atoms. The molecule has 1 fully saturated rings. The molecule has 27 heavy (non-hydrogen) atoms. The Morgan fingerprint density at radius 2 is 1.89 bits per heavy atom. The van der Waals surface area contributed by atoms with Gasteiger partial charge in [-0.1, -0.05) is 48.9 Å². The molecule has 2 aromatic rings. The number of amides is 1. The predicted octanol–water partition coefficient (Wildman–Crippen LogP) is 4.03. The van der Waals surface area contributed by atoms with Crippen LogP contribution in [0.3, 0.4) is 0 Å². The average molecular weight is 389 g/mol. The van der Waals surface area contributed by atoms with Crippen molar-refractivity contribution in [1.82, 2.24) is 10.6 Å². The van der Waals surface area contributed by atoms with Crippen LogP contribution in [0.4, 0.5) is 0 Å². The minimum atomic E-state index is -0.0104. The maximum atomic E-state index is 12.4. The van der Waals surface area contributed by atoms with Crippen LogP contribution in [-0.4, -0.2) is 19.0 Å². The van der Waals surface area contributed by atoms with Gasteiger partial charge in [0, 0.05) is 5.92 Å². The molecule has 0 saturated carbocycles. The van der Waals surface area contributed by atoms with E-state index in [9.17, 15) is 4.79 Å². The lowest BCUT2D eigenvalue weighted by Crippen LogP contribution is -2.49. The Balaban J connectivity index is 0.00000261. The molecule has 2 atom stereocenters. The molecule has 2 unspecified atom stereocenters. The molecule has 3 rings (SSSR count). The van der Waals surface area contributed by atoms with Crippen LogP contribution >= 0.6 is 12.4 Å². The van der Waals surface area contributed by atoms with Crippen molar-refractivity contribution in [2.24, 2.45) is 11.8 Å². The van der Waals surface area contributed by atoms with Gasteiger partial charge in [-0.25, -0.2) is 0 Å². The predicted molar refractivity (Wildman–Crippen MR) is 111 cm³/mol. The molecule has 4 nitrogen and oxygen atoms in total. The summed E-state index contributed by atoms with van der Waals surface area (Å²) in [6.45, 7) is 8.55. The molecule has 0 bridgehead atoms. The van der Waals surface area contributed by atoms with E-state index in [4.69, 9.17) is 4.74 Å². The second-order valence-corrected chi connectivity index (χ2v) is 7.28. The zero-order valence-electron chi connectivity index (χ0n) is 16.2. The smallest absolute Gasteiger partial charge is 0.223 e. The summed E-state index contributed by atoms with van der Waals surface area (Å²) in [6.07, 6.45) is 0. The van der Waals surface area contributed by atoms with Crippen molar-refractivity contribution >= 4 is 18.3 Å². The van der Waals surface area contributed by atoms with Gasteiger partial charge < -0.3 is 15.4 Å². The topological polar surface area (TPSA) is 50.4 Å². The van der Waals surface area contributed by atoms with E-state index < -0.39 is 0 Å². The van der Waals surface area contributed by atoms with E-state index in [0.29, 0.717) is 12.5 Å². The summed E-state index contributed by atoms with van der Waals surface area (Å²) in [6, 6.07) is 16.3. The lowest BCUT2D eigenvalue weighted by atomic mass is 9.88. The van der Waals surface area contributed by atoms with Gasteiger partial charge in [-0.05, 0) is 56.1 Å². The van der Waals surface area contributed by atoms with Gasteiger partial charge in [0.2, 0.25) is 5.91 Å². The third-order valence-electron chi connectivity index (χ3n) is 5.16. The van der Waals surface area contributed by atoms with Crippen molar-refractivity contribution < 1.29 is 9.53 Å². The molecule has 0 aromatic heterocycles. The summed E-state index contributed by atoms with van der Waals surface area (Å²) >= 11 is 0. The Labute approximate surface area is 168 Å². The number of hydrogen-bond acceptors (Lipinski definition) is 3. The second kappa shape index (κ2) is 9.77. The molecule has 1 amide bonds. The Kier molecular flexibility index (Phi) is 7.69. The highest BCUT2D eigenvalue weighted by Crippen LogP contribution is 2.21. The van der Waals surface area contributed by atoms with Crippen molar-refractivity contribution in [2.75, 3.05) is 13.1 Å². The molecule has 0 radical (unpaired) electrons. The van der Waals surface area contributed by atoms with Crippen LogP contribution in [0.25, 0.3) is 0 Å². The van der Waals surface area contributed by atoms with E-state index in [0.717, 1.165) is 30.0 Å². The SMILES string of the molecule is Cc1cccc(COc2ccc(C(C)NC(=O)C(C)C3CNC3)cc2)c1.Cl. The number of halogens is 1. The summed E-state index contributed by atoms with van der Waals surface area (Å²) in [5, 5.41) is 6.34. The van der Waals surface area contributed by atoms with Crippen LogP contribution in [0.1, 0.15) is 36.6 Å². The summed E-state index contributed by atoms with van der Waals surface area (Å²) < 4.78 is 5.86. The van der Waals surface area contributed by atoms with Crippen LogP contribution in [0.2, 0.25) is 0 Å². The van der Waals surface area contributed by atoms with Crippen LogP contribution in [0.15, 0.2) is 48.5 Å². The third-order valence-corrected chi connectivity index (χ3v) is 5.16. The number of nitrogens with one attached hydrogen (secondary N) is 2. The molecule has 1 aliphatic rings. The van der Waals surface area contributed by atoms with Crippen molar-refractivity contribution in [3.63, 3.8) is 0 Å². The zero-order chi connectivity index (χ0) is 18.5. The first-order valence-corrected chi connectivity index (χ1v) is 9.32. The fourth-order valence-corrected chi connectivity index (χ4v) is 3.13. The van der Waals surface area contributed by atoms with E-state index in [1.165, 1.54) is 5.56 Å². The Morgan fingerprint density at radius 1 is 1.19 bits per heavy atom. The summed E-state index contributed by atoms with van der Waals surface area (Å²) in [7, 11) is 0. The molecular weight excluding hydrogens is 360 g/mol. The fourth-order valence-electron chi connectivity index (χ4n) is 3.13. The molecule has 2 aromatic carbocycles. The van der Waals surface area contributed by atoms with E-state index in [-0.39, 0.29) is 30.3 Å². The number of aryl methyl sites for hydroxylation is 1. The van der Waals surface area contributed by atoms with Gasteiger partial charge in [-0.2, -0.15) is 0 Å². The van der Waals surface area contributed by atoms with Gasteiger partial charge >= 0.3 is 0 Å². The van der Waals surface area contributed by atoms with E-state index in [2.05, 4.69) is 35.8 Å². The Morgan fingerprint density at radius 3 is 2.48 bits per heavy atom. The highest BCUT2D eigenvalue weighted by Gasteiger charge is 2.29. The average Bonchev–Trinajstić information content (AvgIpc) is 2.59. The highest BCUT2D eigenvalue weighted by molar-refractivity contribution is 5.85. The minimum absolute atomic E-state index is 0. The van der Waals surface area contributed by atoms with Gasteiger partial charge in [0.05, 0.1) is 6.04 Å². The Bertz CT molecular complexity index is 744. The fraction of sp³-hybridized carbons (Fsp3) is 0.409. The van der Waals surface area contributed by atoms with Crippen molar-refractivity contribution in [2.45, 2.75) is 33.4 Å². The highest BCUT2D eigenvalue weighted by atomic mass is 35.5. The summed E-state index contributed by atoms with van der Waals surface area (Å²) in [4.78, 5) is 12.4. The molecule has 146 valence electrons. The standard InChI is InChI=1S/C22H28N2O2.ClH/c1-15-5-4-6-18(11-15)14-26-21-9-7-19(8-10-21)17(3)24-22(25)16(2)20-12-23-13-20;/h4-11,16-17,20,23H,12-14H2,1-3H3,(H,24,25);1H. The van der Waals surface area contributed by atoms with Crippen molar-refractivity contribution in [1.29, 1.82) is 0 Å². The lowest BCUT2D eigenvalue weighted by molar-refractivity contribution is -0.127. The maximum Gasteiger partial charge on any atom is 0.223 e. The molecule has 0 aliphatic carbocycles. The monoisotopic (exact) mass is 388 g/mol. The molecule has 2 N–H and O–H groups in total. The first kappa shape index (κ1) is 21.3. The van der Waals surface area contributed by atoms with Gasteiger partial charge in [0.15, 0.2) is 0 Å². The quantitative estimate of drug-likeness (QED) is 0.752. The molecule has 1 heterocycles. The molecular formula is C22H29ClN2O2. The van der Waals surface area contributed by atoms with Gasteiger partial charge in [-0.15, -0.1) is 12.4 Å². The van der Waals surface area contributed by atoms with Crippen LogP contribution in [-0.2, 0) is 11.4 Å². The van der Waals surface area contributed by atoms with Crippen molar-refractivity contribution in [3.8, 4) is 5.75 Å². The summed E-state index contributed by atoms with van der Waals surface area (Å²) in [5.41, 5.74) is 3.48. The van der Waals surface area contributed by atoms with E-state index in [1.54, 1.807) is 0 Å². The molecule has 5 heteroatoms. The normalized spacial score (nSPS) is 15.8. The Hall–Kier alpha value is -2.04. The first-order valence-electron chi connectivity index (χ1n) is 9.32. The number of ether oxygens (including phenoxy) is 1. The zero-order valence-corrected chi connectivity index (χ0v) is 17.0. The van der Waals surface area contributed by atoms with Gasteiger partial charge in [-0.3, -0.25) is 4.79 Å². The third kappa shape index (κ3) is 5.72. The van der Waals surface area contributed by atoms with E-state index >= 15 is 0 Å². The van der Waals surface area contributed by atoms with Gasteiger partial charge in [0.25, 0.3) is 0 Å². The number of benzene rings is 2. The van der Waals surface area contributed by atoms with Gasteiger partial charge in [0.1, 0.15) is 12.4 Å². The van der Waals surface area contributed by atoms with Crippen LogP contribution < -0.4 is 15.4 Å². The summed E-state index contributed by atoms with van der Waals surface area (Å²) in [5.74, 6) is 1.47. The molecule has 1 aliphatic heterocycles. The largest absolute Gasteiger partial charge is 0.489 e. The minimum Gasteiger partial charge on any atom is -0.489 e. The van der Waals surface area contributed by atoms with E-state index in [1.807, 2.05) is 44.2 Å². The van der Waals surface area contributed by atoms with Crippen LogP contribution in [0.5, 0.6) is 5.75 Å². The van der Waals surface area contributed by atoms with Crippen molar-refractivity contribution in [3.05, 3.63) is 65.2 Å². The van der Waals surface area contributed by atoms with Crippen LogP contribution in [0, 0.1) is 18.8 Å². The molecule has 1 saturated heterocycles. The number of hydrogen-bond donors (Lipinski definition) is 2. The first-order chi connectivity index (χ1) is 12.5.